The van der Waals surface area contributed by atoms with Gasteiger partial charge in [0.2, 0.25) is 0 Å². The van der Waals surface area contributed by atoms with E-state index in [1.807, 2.05) is 16.1 Å². The predicted molar refractivity (Wildman–Crippen MR) is 92.6 cm³/mol. The molecule has 24 heavy (non-hydrogen) atoms. The number of hydrogen-bond acceptors (Lipinski definition) is 4. The highest BCUT2D eigenvalue weighted by Gasteiger charge is 2.18. The summed E-state index contributed by atoms with van der Waals surface area (Å²) in [4.78, 5) is 20.6. The molecule has 0 bridgehead atoms. The number of aryl methyl sites for hydroxylation is 1. The van der Waals surface area contributed by atoms with Crippen molar-refractivity contribution in [2.75, 3.05) is 7.11 Å². The van der Waals surface area contributed by atoms with Gasteiger partial charge >= 0.3 is 5.97 Å². The number of aromatic nitrogens is 4. The zero-order valence-corrected chi connectivity index (χ0v) is 14.8. The van der Waals surface area contributed by atoms with Crippen LogP contribution in [0.1, 0.15) is 28.8 Å². The summed E-state index contributed by atoms with van der Waals surface area (Å²) in [6.07, 6.45) is 3.58. The van der Waals surface area contributed by atoms with Crippen LogP contribution in [0, 0.1) is 0 Å². The van der Waals surface area contributed by atoms with Gasteiger partial charge in [-0.3, -0.25) is 0 Å². The molecule has 2 heterocycles. The van der Waals surface area contributed by atoms with Gasteiger partial charge in [0.15, 0.2) is 0 Å². The number of hydrogen-bond donors (Lipinski definition) is 0. The molecule has 0 atom stereocenters. The van der Waals surface area contributed by atoms with E-state index in [9.17, 15) is 4.79 Å². The van der Waals surface area contributed by atoms with Crippen molar-refractivity contribution >= 4 is 40.2 Å². The van der Waals surface area contributed by atoms with Gasteiger partial charge in [0.25, 0.3) is 0 Å². The molecule has 0 aliphatic carbocycles. The average Bonchev–Trinajstić information content (AvgIpc) is 3.19. The van der Waals surface area contributed by atoms with E-state index in [-0.39, 0.29) is 5.88 Å². The number of methoxy groups -OCH3 is 1. The summed E-state index contributed by atoms with van der Waals surface area (Å²) in [7, 11) is 1.34. The van der Waals surface area contributed by atoms with Crippen LogP contribution in [0.2, 0.25) is 5.02 Å². The topological polar surface area (TPSA) is 61.9 Å². The third-order valence-electron chi connectivity index (χ3n) is 3.89. The number of ether oxygens (including phenoxy) is 1. The molecule has 0 unspecified atom stereocenters. The fourth-order valence-corrected chi connectivity index (χ4v) is 3.13. The minimum atomic E-state index is -0.447. The second kappa shape index (κ2) is 6.83. The number of alkyl halides is 1. The number of halogens is 2. The zero-order valence-electron chi connectivity index (χ0n) is 13.3. The summed E-state index contributed by atoms with van der Waals surface area (Å²) in [5.41, 5.74) is 2.74. The fourth-order valence-electron chi connectivity index (χ4n) is 2.67. The number of carbonyl (C=O) groups is 1. The van der Waals surface area contributed by atoms with Crippen molar-refractivity contribution in [2.45, 2.75) is 25.9 Å². The molecule has 0 aliphatic heterocycles. The lowest BCUT2D eigenvalue weighted by Crippen LogP contribution is -2.09. The number of benzene rings is 1. The monoisotopic (exact) mass is 366 g/mol. The lowest BCUT2D eigenvalue weighted by molar-refractivity contribution is 0.0601. The van der Waals surface area contributed by atoms with E-state index in [2.05, 4.69) is 9.97 Å². The summed E-state index contributed by atoms with van der Waals surface area (Å²) in [5.74, 6) is 0.468. The zero-order chi connectivity index (χ0) is 17.3. The first-order valence-corrected chi connectivity index (χ1v) is 8.32. The summed E-state index contributed by atoms with van der Waals surface area (Å²) in [6.45, 7) is 3.39. The van der Waals surface area contributed by atoms with Crippen LogP contribution in [0.4, 0.5) is 0 Å². The maximum atomic E-state index is 11.9. The first-order valence-electron chi connectivity index (χ1n) is 7.41. The highest BCUT2D eigenvalue weighted by atomic mass is 35.5. The molecule has 0 aliphatic rings. The number of esters is 1. The van der Waals surface area contributed by atoms with Gasteiger partial charge in [-0.05, 0) is 19.1 Å². The minimum Gasteiger partial charge on any atom is -0.465 e. The Labute approximate surface area is 149 Å². The van der Waals surface area contributed by atoms with Crippen molar-refractivity contribution < 1.29 is 9.53 Å². The van der Waals surface area contributed by atoms with Crippen LogP contribution in [0.5, 0.6) is 0 Å². The minimum absolute atomic E-state index is 0.235. The van der Waals surface area contributed by atoms with Crippen molar-refractivity contribution in [2.24, 2.45) is 0 Å². The molecule has 3 rings (SSSR count). The number of carbonyl (C=O) groups excluding carboxylic acids is 1. The normalized spacial score (nSPS) is 11.2. The average molecular weight is 367 g/mol. The Morgan fingerprint density at radius 2 is 2.17 bits per heavy atom. The van der Waals surface area contributed by atoms with E-state index < -0.39 is 5.97 Å². The Bertz CT molecular complexity index is 901. The number of nitrogens with zero attached hydrogens (tertiary/aromatic N) is 4. The van der Waals surface area contributed by atoms with E-state index in [1.165, 1.54) is 7.11 Å². The lowest BCUT2D eigenvalue weighted by Gasteiger charge is -2.10. The third kappa shape index (κ3) is 2.87. The van der Waals surface area contributed by atoms with Gasteiger partial charge in [0, 0.05) is 12.7 Å². The molecule has 0 fully saturated rings. The standard InChI is InChI=1S/C16H16Cl2N4O2/c1-3-21-9-19-7-11(21)8-22-13-5-10(16(23)24-2)4-12(18)15(13)20-14(22)6-17/h4-5,7,9H,3,6,8H2,1-2H3. The molecule has 2 aromatic heterocycles. The highest BCUT2D eigenvalue weighted by molar-refractivity contribution is 6.35. The molecule has 0 spiro atoms. The molecule has 0 N–H and O–H groups in total. The lowest BCUT2D eigenvalue weighted by atomic mass is 10.2. The van der Waals surface area contributed by atoms with Gasteiger partial charge in [0.05, 0.1) is 47.7 Å². The van der Waals surface area contributed by atoms with E-state index in [0.29, 0.717) is 28.5 Å². The molecule has 126 valence electrons. The Kier molecular flexibility index (Phi) is 4.78. The summed E-state index contributed by atoms with van der Waals surface area (Å²) in [5, 5.41) is 0.391. The van der Waals surface area contributed by atoms with E-state index in [4.69, 9.17) is 27.9 Å². The molecule has 0 saturated heterocycles. The Balaban J connectivity index is 2.17. The largest absolute Gasteiger partial charge is 0.465 e. The first-order chi connectivity index (χ1) is 11.6. The van der Waals surface area contributed by atoms with E-state index in [0.717, 1.165) is 17.8 Å². The molecule has 0 radical (unpaired) electrons. The third-order valence-corrected chi connectivity index (χ3v) is 4.41. The van der Waals surface area contributed by atoms with Crippen molar-refractivity contribution in [3.63, 3.8) is 0 Å². The second-order valence-electron chi connectivity index (χ2n) is 5.24. The fraction of sp³-hybridized carbons (Fsp3) is 0.312. The Hall–Kier alpha value is -2.05. The SMILES string of the molecule is CCn1cncc1Cn1c(CCl)nc2c(Cl)cc(C(=O)OC)cc21. The van der Waals surface area contributed by atoms with Crippen LogP contribution in [-0.4, -0.2) is 32.2 Å². The Morgan fingerprint density at radius 3 is 2.83 bits per heavy atom. The summed E-state index contributed by atoms with van der Waals surface area (Å²) >= 11 is 12.4. The first kappa shape index (κ1) is 16.8. The smallest absolute Gasteiger partial charge is 0.337 e. The molecule has 0 saturated carbocycles. The summed E-state index contributed by atoms with van der Waals surface area (Å²) in [6, 6.07) is 3.28. The molecule has 1 aromatic carbocycles. The van der Waals surface area contributed by atoms with Crippen molar-refractivity contribution in [3.8, 4) is 0 Å². The predicted octanol–water partition coefficient (Wildman–Crippen LogP) is 3.48. The van der Waals surface area contributed by atoms with Gasteiger partial charge in [-0.15, -0.1) is 11.6 Å². The van der Waals surface area contributed by atoms with Gasteiger partial charge in [-0.25, -0.2) is 14.8 Å². The van der Waals surface area contributed by atoms with Crippen LogP contribution in [-0.2, 0) is 23.7 Å². The van der Waals surface area contributed by atoms with Crippen LogP contribution in [0.25, 0.3) is 11.0 Å². The van der Waals surface area contributed by atoms with Crippen LogP contribution in [0.15, 0.2) is 24.7 Å². The maximum Gasteiger partial charge on any atom is 0.337 e. The van der Waals surface area contributed by atoms with Gasteiger partial charge in [-0.2, -0.15) is 0 Å². The molecular formula is C16H16Cl2N4O2. The van der Waals surface area contributed by atoms with Crippen LogP contribution >= 0.6 is 23.2 Å². The van der Waals surface area contributed by atoms with Crippen molar-refractivity contribution in [1.82, 2.24) is 19.1 Å². The summed E-state index contributed by atoms with van der Waals surface area (Å²) < 4.78 is 8.77. The maximum absolute atomic E-state index is 11.9. The van der Waals surface area contributed by atoms with Gasteiger partial charge < -0.3 is 13.9 Å². The van der Waals surface area contributed by atoms with Crippen molar-refractivity contribution in [3.05, 3.63) is 46.8 Å². The van der Waals surface area contributed by atoms with Crippen LogP contribution < -0.4 is 0 Å². The highest BCUT2D eigenvalue weighted by Crippen LogP contribution is 2.28. The molecule has 3 aromatic rings. The molecule has 6 nitrogen and oxygen atoms in total. The quantitative estimate of drug-likeness (QED) is 0.512. The van der Waals surface area contributed by atoms with Crippen molar-refractivity contribution in [1.29, 1.82) is 0 Å². The second-order valence-corrected chi connectivity index (χ2v) is 5.91. The van der Waals surface area contributed by atoms with Gasteiger partial charge in [0.1, 0.15) is 11.3 Å². The molecular weight excluding hydrogens is 351 g/mol. The molecule has 0 amide bonds. The van der Waals surface area contributed by atoms with Crippen LogP contribution in [0.3, 0.4) is 0 Å². The van der Waals surface area contributed by atoms with E-state index in [1.54, 1.807) is 24.7 Å². The number of fused-ring (bicyclic) bond motifs is 1. The number of imidazole rings is 2. The van der Waals surface area contributed by atoms with E-state index >= 15 is 0 Å². The Morgan fingerprint density at radius 1 is 1.38 bits per heavy atom. The number of rotatable bonds is 5. The molecule has 8 heteroatoms. The van der Waals surface area contributed by atoms with Gasteiger partial charge in [-0.1, -0.05) is 11.6 Å².